The zero-order chi connectivity index (χ0) is 14.8. The van der Waals surface area contributed by atoms with Crippen LogP contribution in [0.3, 0.4) is 0 Å². The predicted molar refractivity (Wildman–Crippen MR) is 88.1 cm³/mol. The van der Waals surface area contributed by atoms with Crippen molar-refractivity contribution in [1.82, 2.24) is 4.72 Å². The van der Waals surface area contributed by atoms with Crippen molar-refractivity contribution in [3.63, 3.8) is 0 Å². The minimum absolute atomic E-state index is 0. The number of sulfonamides is 1. The number of halogens is 1. The molecule has 1 aromatic carbocycles. The van der Waals surface area contributed by atoms with Crippen LogP contribution in [-0.4, -0.2) is 21.0 Å². The Labute approximate surface area is 134 Å². The van der Waals surface area contributed by atoms with Crippen molar-refractivity contribution in [2.45, 2.75) is 44.0 Å². The third-order valence-corrected chi connectivity index (χ3v) is 5.05. The maximum Gasteiger partial charge on any atom is 0.240 e. The highest BCUT2D eigenvalue weighted by Crippen LogP contribution is 2.31. The van der Waals surface area contributed by atoms with Gasteiger partial charge in [0.2, 0.25) is 10.0 Å². The molecule has 1 unspecified atom stereocenters. The first-order valence-corrected chi connectivity index (χ1v) is 8.71. The highest BCUT2D eigenvalue weighted by atomic mass is 35.5. The van der Waals surface area contributed by atoms with E-state index in [2.05, 4.69) is 18.6 Å². The van der Waals surface area contributed by atoms with Gasteiger partial charge in [0.1, 0.15) is 0 Å². The normalized spacial score (nSPS) is 16.6. The molecule has 0 radical (unpaired) electrons. The van der Waals surface area contributed by atoms with Gasteiger partial charge in [-0.05, 0) is 48.8 Å². The van der Waals surface area contributed by atoms with Gasteiger partial charge in [0.25, 0.3) is 0 Å². The van der Waals surface area contributed by atoms with Crippen LogP contribution in [0, 0.1) is 11.8 Å². The molecule has 0 saturated heterocycles. The van der Waals surface area contributed by atoms with Gasteiger partial charge in [-0.3, -0.25) is 0 Å². The van der Waals surface area contributed by atoms with Crippen LogP contribution in [0.5, 0.6) is 0 Å². The number of rotatable bonds is 7. The van der Waals surface area contributed by atoms with Gasteiger partial charge in [-0.1, -0.05) is 26.0 Å². The number of nitrogens with one attached hydrogen (secondary N) is 1. The van der Waals surface area contributed by atoms with Crippen molar-refractivity contribution in [3.05, 3.63) is 29.8 Å². The molecule has 2 rings (SSSR count). The zero-order valence-corrected chi connectivity index (χ0v) is 14.2. The molecule has 0 bridgehead atoms. The van der Waals surface area contributed by atoms with Gasteiger partial charge < -0.3 is 5.73 Å². The maximum atomic E-state index is 12.1. The molecule has 1 atom stereocenters. The summed E-state index contributed by atoms with van der Waals surface area (Å²) in [6.45, 7) is 4.61. The minimum Gasteiger partial charge on any atom is -0.326 e. The first kappa shape index (κ1) is 18.4. The van der Waals surface area contributed by atoms with E-state index in [-0.39, 0.29) is 18.4 Å². The van der Waals surface area contributed by atoms with Crippen LogP contribution in [0.4, 0.5) is 0 Å². The smallest absolute Gasteiger partial charge is 0.240 e. The van der Waals surface area contributed by atoms with Crippen LogP contribution in [0.2, 0.25) is 0 Å². The van der Waals surface area contributed by atoms with Crippen molar-refractivity contribution >= 4 is 22.4 Å². The molecular weight excluding hydrogens is 308 g/mol. The fourth-order valence-corrected chi connectivity index (χ4v) is 3.33. The molecule has 6 heteroatoms. The van der Waals surface area contributed by atoms with Gasteiger partial charge in [0.15, 0.2) is 0 Å². The molecule has 1 aromatic rings. The molecule has 0 aromatic heterocycles. The molecule has 4 nitrogen and oxygen atoms in total. The highest BCUT2D eigenvalue weighted by Gasteiger charge is 2.29. The van der Waals surface area contributed by atoms with E-state index in [1.807, 2.05) is 12.1 Å². The summed E-state index contributed by atoms with van der Waals surface area (Å²) in [6.07, 6.45) is 3.19. The molecule has 0 amide bonds. The first-order chi connectivity index (χ1) is 9.38. The number of hydrogen-bond acceptors (Lipinski definition) is 3. The van der Waals surface area contributed by atoms with Crippen LogP contribution < -0.4 is 10.5 Å². The third kappa shape index (κ3) is 5.58. The number of benzene rings is 1. The summed E-state index contributed by atoms with van der Waals surface area (Å²) in [7, 11) is -3.44. The predicted octanol–water partition coefficient (Wildman–Crippen LogP) is 2.32. The third-order valence-electron chi connectivity index (χ3n) is 3.61. The summed E-state index contributed by atoms with van der Waals surface area (Å²) in [5.41, 5.74) is 7.08. The van der Waals surface area contributed by atoms with E-state index in [0.717, 1.165) is 24.8 Å². The summed E-state index contributed by atoms with van der Waals surface area (Å²) in [6, 6.07) is 7.04. The highest BCUT2D eigenvalue weighted by molar-refractivity contribution is 7.89. The Hall–Kier alpha value is -0.620. The summed E-state index contributed by atoms with van der Waals surface area (Å²) >= 11 is 0. The van der Waals surface area contributed by atoms with Gasteiger partial charge in [-0.15, -0.1) is 12.4 Å². The average molecular weight is 333 g/mol. The van der Waals surface area contributed by atoms with Crippen molar-refractivity contribution in [2.75, 3.05) is 6.54 Å². The van der Waals surface area contributed by atoms with Crippen LogP contribution in [0.25, 0.3) is 0 Å². The average Bonchev–Trinajstić information content (AvgIpc) is 3.20. The van der Waals surface area contributed by atoms with E-state index < -0.39 is 10.0 Å². The number of nitrogens with two attached hydrogens (primary N) is 1. The summed E-state index contributed by atoms with van der Waals surface area (Å²) in [4.78, 5) is 0.313. The van der Waals surface area contributed by atoms with E-state index in [9.17, 15) is 8.42 Å². The summed E-state index contributed by atoms with van der Waals surface area (Å²) < 4.78 is 26.9. The van der Waals surface area contributed by atoms with Gasteiger partial charge in [-0.2, -0.15) is 0 Å². The second-order valence-corrected chi connectivity index (χ2v) is 7.86. The van der Waals surface area contributed by atoms with Crippen molar-refractivity contribution in [3.8, 4) is 0 Å². The molecular formula is C15H25ClN2O2S. The molecule has 1 aliphatic rings. The van der Waals surface area contributed by atoms with Crippen LogP contribution in [0.1, 0.15) is 32.3 Å². The lowest BCUT2D eigenvalue weighted by Gasteiger charge is -2.12. The molecule has 21 heavy (non-hydrogen) atoms. The standard InChI is InChI=1S/C15H24N2O2S.ClH/c1-11(2)9-12-3-7-14(8-4-12)20(18,19)17-10-15(16)13-5-6-13;/h3-4,7-8,11,13,15,17H,5-6,9-10,16H2,1-2H3;1H. The Morgan fingerprint density at radius 3 is 2.29 bits per heavy atom. The molecule has 1 aliphatic carbocycles. The topological polar surface area (TPSA) is 72.2 Å². The van der Waals surface area contributed by atoms with Crippen LogP contribution in [-0.2, 0) is 16.4 Å². The van der Waals surface area contributed by atoms with Crippen molar-refractivity contribution < 1.29 is 8.42 Å². The molecule has 1 fully saturated rings. The SMILES string of the molecule is CC(C)Cc1ccc(S(=O)(=O)NCC(N)C2CC2)cc1.Cl. The Bertz CT molecular complexity index is 539. The van der Waals surface area contributed by atoms with Gasteiger partial charge >= 0.3 is 0 Å². The Balaban J connectivity index is 0.00000220. The summed E-state index contributed by atoms with van der Waals surface area (Å²) in [5.74, 6) is 1.05. The second-order valence-electron chi connectivity index (χ2n) is 6.10. The second kappa shape index (κ2) is 7.58. The van der Waals surface area contributed by atoms with E-state index in [0.29, 0.717) is 23.3 Å². The largest absolute Gasteiger partial charge is 0.326 e. The Morgan fingerprint density at radius 1 is 1.24 bits per heavy atom. The van der Waals surface area contributed by atoms with E-state index in [1.54, 1.807) is 12.1 Å². The lowest BCUT2D eigenvalue weighted by atomic mass is 10.0. The van der Waals surface area contributed by atoms with Crippen LogP contribution in [0.15, 0.2) is 29.2 Å². The fourth-order valence-electron chi connectivity index (χ4n) is 2.26. The molecule has 0 spiro atoms. The van der Waals surface area contributed by atoms with E-state index in [4.69, 9.17) is 5.73 Å². The first-order valence-electron chi connectivity index (χ1n) is 7.22. The molecule has 3 N–H and O–H groups in total. The fraction of sp³-hybridized carbons (Fsp3) is 0.600. The van der Waals surface area contributed by atoms with Crippen molar-refractivity contribution in [2.24, 2.45) is 17.6 Å². The van der Waals surface area contributed by atoms with Gasteiger partial charge in [0, 0.05) is 12.6 Å². The van der Waals surface area contributed by atoms with Crippen LogP contribution >= 0.6 is 12.4 Å². The molecule has 0 aliphatic heterocycles. The lowest BCUT2D eigenvalue weighted by Crippen LogP contribution is -2.38. The number of hydrogen-bond donors (Lipinski definition) is 2. The lowest BCUT2D eigenvalue weighted by molar-refractivity contribution is 0.547. The zero-order valence-electron chi connectivity index (χ0n) is 12.6. The van der Waals surface area contributed by atoms with E-state index >= 15 is 0 Å². The Kier molecular flexibility index (Phi) is 6.66. The monoisotopic (exact) mass is 332 g/mol. The van der Waals surface area contributed by atoms with E-state index in [1.165, 1.54) is 0 Å². The van der Waals surface area contributed by atoms with Gasteiger partial charge in [-0.25, -0.2) is 13.1 Å². The minimum atomic E-state index is -3.44. The maximum absolute atomic E-state index is 12.1. The van der Waals surface area contributed by atoms with Gasteiger partial charge in [0.05, 0.1) is 4.90 Å². The molecule has 1 saturated carbocycles. The van der Waals surface area contributed by atoms with Crippen molar-refractivity contribution in [1.29, 1.82) is 0 Å². The Morgan fingerprint density at radius 2 is 1.81 bits per heavy atom. The molecule has 0 heterocycles. The molecule has 120 valence electrons. The summed E-state index contributed by atoms with van der Waals surface area (Å²) in [5, 5.41) is 0. The quantitative estimate of drug-likeness (QED) is 0.805.